The van der Waals surface area contributed by atoms with Crippen molar-refractivity contribution >= 4 is 0 Å². The molecule has 72 valence electrons. The van der Waals surface area contributed by atoms with Gasteiger partial charge in [-0.05, 0) is 38.8 Å². The highest BCUT2D eigenvalue weighted by Crippen LogP contribution is 2.26. The number of nitrogens with zero attached hydrogens (tertiary/aromatic N) is 1. The second kappa shape index (κ2) is 4.83. The van der Waals surface area contributed by atoms with E-state index in [1.807, 2.05) is 0 Å². The number of rotatable bonds is 4. The first kappa shape index (κ1) is 10.0. The smallest absolute Gasteiger partial charge is 0.0434 e. The van der Waals surface area contributed by atoms with E-state index in [0.717, 1.165) is 12.5 Å². The Kier molecular flexibility index (Phi) is 4.02. The van der Waals surface area contributed by atoms with E-state index in [-0.39, 0.29) is 0 Å². The van der Waals surface area contributed by atoms with Crippen molar-refractivity contribution in [3.05, 3.63) is 0 Å². The standard InChI is InChI=1S/C10H21NO/c1-3-9(6-8-12)10-5-4-7-11(10)2/h9-10,12H,3-8H2,1-2H3. The lowest BCUT2D eigenvalue weighted by molar-refractivity contribution is 0.176. The molecule has 0 aromatic rings. The lowest BCUT2D eigenvalue weighted by Crippen LogP contribution is -2.32. The van der Waals surface area contributed by atoms with Gasteiger partial charge in [0.2, 0.25) is 0 Å². The van der Waals surface area contributed by atoms with E-state index >= 15 is 0 Å². The minimum absolute atomic E-state index is 0.350. The molecule has 1 fully saturated rings. The summed E-state index contributed by atoms with van der Waals surface area (Å²) in [4.78, 5) is 2.45. The fraction of sp³-hybridized carbons (Fsp3) is 1.00. The molecule has 1 aliphatic rings. The van der Waals surface area contributed by atoms with Gasteiger partial charge in [-0.1, -0.05) is 13.3 Å². The lowest BCUT2D eigenvalue weighted by Gasteiger charge is -2.27. The Morgan fingerprint density at radius 3 is 2.75 bits per heavy atom. The largest absolute Gasteiger partial charge is 0.396 e. The molecular weight excluding hydrogens is 150 g/mol. The zero-order chi connectivity index (χ0) is 8.97. The Balaban J connectivity index is 2.41. The zero-order valence-corrected chi connectivity index (χ0v) is 8.29. The first-order valence-corrected chi connectivity index (χ1v) is 5.10. The van der Waals surface area contributed by atoms with Gasteiger partial charge in [0, 0.05) is 12.6 Å². The summed E-state index contributed by atoms with van der Waals surface area (Å²) in [5.41, 5.74) is 0. The van der Waals surface area contributed by atoms with Crippen LogP contribution in [0.5, 0.6) is 0 Å². The molecule has 1 aliphatic heterocycles. The van der Waals surface area contributed by atoms with Crippen LogP contribution in [0.2, 0.25) is 0 Å². The maximum absolute atomic E-state index is 8.90. The van der Waals surface area contributed by atoms with Crippen LogP contribution in [0.15, 0.2) is 0 Å². The molecular formula is C10H21NO. The molecule has 12 heavy (non-hydrogen) atoms. The molecule has 0 radical (unpaired) electrons. The molecule has 1 rings (SSSR count). The molecule has 1 N–H and O–H groups in total. The molecule has 2 atom stereocenters. The molecule has 0 aliphatic carbocycles. The minimum atomic E-state index is 0.350. The molecule has 1 saturated heterocycles. The highest BCUT2D eigenvalue weighted by molar-refractivity contribution is 4.82. The van der Waals surface area contributed by atoms with Crippen LogP contribution in [0.25, 0.3) is 0 Å². The fourth-order valence-corrected chi connectivity index (χ4v) is 2.37. The Morgan fingerprint density at radius 1 is 1.58 bits per heavy atom. The van der Waals surface area contributed by atoms with E-state index in [2.05, 4.69) is 18.9 Å². The average Bonchev–Trinajstić information content (AvgIpc) is 2.47. The van der Waals surface area contributed by atoms with Crippen LogP contribution in [-0.2, 0) is 0 Å². The third kappa shape index (κ3) is 2.20. The summed E-state index contributed by atoms with van der Waals surface area (Å²) in [6.45, 7) is 3.82. The van der Waals surface area contributed by atoms with Crippen molar-refractivity contribution in [2.24, 2.45) is 5.92 Å². The Hall–Kier alpha value is -0.0800. The van der Waals surface area contributed by atoms with Crippen molar-refractivity contribution in [1.29, 1.82) is 0 Å². The summed E-state index contributed by atoms with van der Waals surface area (Å²) in [6.07, 6.45) is 4.85. The van der Waals surface area contributed by atoms with Crippen LogP contribution < -0.4 is 0 Å². The zero-order valence-electron chi connectivity index (χ0n) is 8.29. The van der Waals surface area contributed by atoms with E-state index < -0.39 is 0 Å². The van der Waals surface area contributed by atoms with Gasteiger partial charge in [-0.25, -0.2) is 0 Å². The lowest BCUT2D eigenvalue weighted by atomic mass is 9.92. The van der Waals surface area contributed by atoms with E-state index in [1.54, 1.807) is 0 Å². The van der Waals surface area contributed by atoms with E-state index in [0.29, 0.717) is 12.5 Å². The Labute approximate surface area is 75.6 Å². The second-order valence-electron chi connectivity index (χ2n) is 3.87. The number of aliphatic hydroxyl groups is 1. The fourth-order valence-electron chi connectivity index (χ4n) is 2.37. The molecule has 0 aromatic heterocycles. The molecule has 0 spiro atoms. The SMILES string of the molecule is CCC(CCO)C1CCCN1C. The van der Waals surface area contributed by atoms with Gasteiger partial charge >= 0.3 is 0 Å². The van der Waals surface area contributed by atoms with Crippen LogP contribution in [0.1, 0.15) is 32.6 Å². The molecule has 0 saturated carbocycles. The van der Waals surface area contributed by atoms with E-state index in [9.17, 15) is 0 Å². The summed E-state index contributed by atoms with van der Waals surface area (Å²) in [6, 6.07) is 0.738. The maximum atomic E-state index is 8.90. The van der Waals surface area contributed by atoms with Gasteiger partial charge in [-0.2, -0.15) is 0 Å². The Bertz CT molecular complexity index is 127. The van der Waals surface area contributed by atoms with E-state index in [1.165, 1.54) is 25.8 Å². The second-order valence-corrected chi connectivity index (χ2v) is 3.87. The molecule has 0 bridgehead atoms. The van der Waals surface area contributed by atoms with Crippen molar-refractivity contribution in [3.63, 3.8) is 0 Å². The van der Waals surface area contributed by atoms with Crippen molar-refractivity contribution in [2.45, 2.75) is 38.6 Å². The van der Waals surface area contributed by atoms with Crippen LogP contribution in [0, 0.1) is 5.92 Å². The monoisotopic (exact) mass is 171 g/mol. The van der Waals surface area contributed by atoms with Crippen LogP contribution in [-0.4, -0.2) is 36.2 Å². The predicted molar refractivity (Wildman–Crippen MR) is 51.1 cm³/mol. The van der Waals surface area contributed by atoms with Gasteiger partial charge < -0.3 is 10.0 Å². The molecule has 2 unspecified atom stereocenters. The summed E-state index contributed by atoms with van der Waals surface area (Å²) >= 11 is 0. The summed E-state index contributed by atoms with van der Waals surface area (Å²) in [5.74, 6) is 0.711. The first-order chi connectivity index (χ1) is 5.79. The maximum Gasteiger partial charge on any atom is 0.0434 e. The van der Waals surface area contributed by atoms with Crippen molar-refractivity contribution in [2.75, 3.05) is 20.2 Å². The third-order valence-corrected chi connectivity index (χ3v) is 3.15. The summed E-state index contributed by atoms with van der Waals surface area (Å²) < 4.78 is 0. The molecule has 2 nitrogen and oxygen atoms in total. The number of hydrogen-bond acceptors (Lipinski definition) is 2. The minimum Gasteiger partial charge on any atom is -0.396 e. The van der Waals surface area contributed by atoms with Crippen LogP contribution >= 0.6 is 0 Å². The van der Waals surface area contributed by atoms with Crippen molar-refractivity contribution in [1.82, 2.24) is 4.90 Å². The topological polar surface area (TPSA) is 23.5 Å². The molecule has 2 heteroatoms. The quantitative estimate of drug-likeness (QED) is 0.692. The van der Waals surface area contributed by atoms with Crippen LogP contribution in [0.3, 0.4) is 0 Å². The van der Waals surface area contributed by atoms with Gasteiger partial charge in [0.1, 0.15) is 0 Å². The van der Waals surface area contributed by atoms with Gasteiger partial charge in [0.25, 0.3) is 0 Å². The summed E-state index contributed by atoms with van der Waals surface area (Å²) in [7, 11) is 2.21. The average molecular weight is 171 g/mol. The summed E-state index contributed by atoms with van der Waals surface area (Å²) in [5, 5.41) is 8.90. The highest BCUT2D eigenvalue weighted by Gasteiger charge is 2.27. The highest BCUT2D eigenvalue weighted by atomic mass is 16.3. The number of likely N-dealkylation sites (tertiary alicyclic amines) is 1. The predicted octanol–water partition coefficient (Wildman–Crippen LogP) is 1.49. The van der Waals surface area contributed by atoms with Gasteiger partial charge in [0.05, 0.1) is 0 Å². The number of aliphatic hydroxyl groups excluding tert-OH is 1. The molecule has 0 amide bonds. The van der Waals surface area contributed by atoms with Crippen molar-refractivity contribution < 1.29 is 5.11 Å². The number of hydrogen-bond donors (Lipinski definition) is 1. The van der Waals surface area contributed by atoms with Crippen LogP contribution in [0.4, 0.5) is 0 Å². The van der Waals surface area contributed by atoms with E-state index in [4.69, 9.17) is 5.11 Å². The normalized spacial score (nSPS) is 27.8. The Morgan fingerprint density at radius 2 is 2.33 bits per heavy atom. The molecule has 0 aromatic carbocycles. The first-order valence-electron chi connectivity index (χ1n) is 5.10. The third-order valence-electron chi connectivity index (χ3n) is 3.15. The van der Waals surface area contributed by atoms with Gasteiger partial charge in [-0.3, -0.25) is 0 Å². The van der Waals surface area contributed by atoms with Gasteiger partial charge in [-0.15, -0.1) is 0 Å². The van der Waals surface area contributed by atoms with Crippen molar-refractivity contribution in [3.8, 4) is 0 Å². The molecule has 1 heterocycles. The van der Waals surface area contributed by atoms with Gasteiger partial charge in [0.15, 0.2) is 0 Å².